The van der Waals surface area contributed by atoms with E-state index < -0.39 is 0 Å². The smallest absolute Gasteiger partial charge is 0.410 e. The van der Waals surface area contributed by atoms with Crippen LogP contribution in [0.2, 0.25) is 0 Å². The van der Waals surface area contributed by atoms with Crippen LogP contribution in [0.25, 0.3) is 0 Å². The van der Waals surface area contributed by atoms with E-state index in [2.05, 4.69) is 22.9 Å². The Morgan fingerprint density at radius 3 is 3.00 bits per heavy atom. The first-order valence-corrected chi connectivity index (χ1v) is 7.20. The van der Waals surface area contributed by atoms with Gasteiger partial charge in [-0.15, -0.1) is 0 Å². The highest BCUT2D eigenvalue weighted by molar-refractivity contribution is 9.10. The minimum Gasteiger partial charge on any atom is -0.496 e. The van der Waals surface area contributed by atoms with Crippen molar-refractivity contribution >= 4 is 22.0 Å². The molecule has 1 aliphatic heterocycles. The molecular weight excluding hydrogens is 310 g/mol. The van der Waals surface area contributed by atoms with E-state index in [1.807, 2.05) is 18.2 Å². The van der Waals surface area contributed by atoms with Gasteiger partial charge in [-0.25, -0.2) is 4.79 Å². The van der Waals surface area contributed by atoms with Crippen LogP contribution >= 0.6 is 15.9 Å². The summed E-state index contributed by atoms with van der Waals surface area (Å²) in [6.07, 6.45) is 1.47. The molecule has 1 aromatic rings. The zero-order valence-corrected chi connectivity index (χ0v) is 12.8. The number of methoxy groups -OCH3 is 1. The molecule has 1 unspecified atom stereocenters. The zero-order chi connectivity index (χ0) is 13.8. The van der Waals surface area contributed by atoms with Gasteiger partial charge in [0.15, 0.2) is 0 Å². The number of amides is 1. The molecule has 19 heavy (non-hydrogen) atoms. The Bertz CT molecular complexity index is 464. The molecule has 1 aliphatic rings. The van der Waals surface area contributed by atoms with Crippen molar-refractivity contribution in [3.63, 3.8) is 0 Å². The predicted octanol–water partition coefficient (Wildman–Crippen LogP) is 3.23. The molecule has 2 rings (SSSR count). The number of carbonyl (C=O) groups is 1. The number of nitrogens with zero attached hydrogens (tertiary/aromatic N) is 1. The fraction of sp³-hybridized carbons (Fsp3) is 0.500. The molecule has 0 aliphatic carbocycles. The Labute approximate surface area is 121 Å². The van der Waals surface area contributed by atoms with Crippen molar-refractivity contribution in [3.8, 4) is 5.75 Å². The third kappa shape index (κ3) is 3.21. The zero-order valence-electron chi connectivity index (χ0n) is 11.2. The molecule has 0 saturated carbocycles. The van der Waals surface area contributed by atoms with Crippen LogP contribution in [0, 0.1) is 0 Å². The van der Waals surface area contributed by atoms with E-state index in [1.54, 1.807) is 12.0 Å². The fourth-order valence-electron chi connectivity index (χ4n) is 2.33. The number of hydrogen-bond donors (Lipinski definition) is 0. The number of benzene rings is 1. The Balaban J connectivity index is 2.16. The van der Waals surface area contributed by atoms with E-state index in [-0.39, 0.29) is 12.1 Å². The molecule has 0 radical (unpaired) electrons. The van der Waals surface area contributed by atoms with Gasteiger partial charge in [0, 0.05) is 11.0 Å². The molecule has 4 nitrogen and oxygen atoms in total. The van der Waals surface area contributed by atoms with Crippen molar-refractivity contribution in [2.75, 3.05) is 20.3 Å². The number of halogens is 1. The molecule has 0 bridgehead atoms. The van der Waals surface area contributed by atoms with E-state index in [0.717, 1.165) is 35.2 Å². The van der Waals surface area contributed by atoms with Crippen LogP contribution in [-0.2, 0) is 11.2 Å². The van der Waals surface area contributed by atoms with E-state index >= 15 is 0 Å². The standard InChI is InChI=1S/C14H18BrNO3/c1-3-6-16-12(9-19-14(16)17)8-10-7-11(15)4-5-13(10)18-2/h4-5,7,12H,3,6,8-9H2,1-2H3. The summed E-state index contributed by atoms with van der Waals surface area (Å²) in [7, 11) is 1.66. The van der Waals surface area contributed by atoms with E-state index in [0.29, 0.717) is 6.61 Å². The largest absolute Gasteiger partial charge is 0.496 e. The van der Waals surface area contributed by atoms with E-state index in [4.69, 9.17) is 9.47 Å². The summed E-state index contributed by atoms with van der Waals surface area (Å²) in [5.41, 5.74) is 1.08. The van der Waals surface area contributed by atoms with Gasteiger partial charge in [0.05, 0.1) is 13.2 Å². The van der Waals surface area contributed by atoms with Crippen LogP contribution < -0.4 is 4.74 Å². The third-order valence-electron chi connectivity index (χ3n) is 3.24. The number of rotatable bonds is 5. The summed E-state index contributed by atoms with van der Waals surface area (Å²) in [5.74, 6) is 0.846. The van der Waals surface area contributed by atoms with Gasteiger partial charge in [-0.05, 0) is 36.6 Å². The lowest BCUT2D eigenvalue weighted by Gasteiger charge is -2.21. The topological polar surface area (TPSA) is 38.8 Å². The molecule has 1 aromatic carbocycles. The summed E-state index contributed by atoms with van der Waals surface area (Å²) in [6, 6.07) is 6.01. The first-order valence-electron chi connectivity index (χ1n) is 6.41. The van der Waals surface area contributed by atoms with Crippen molar-refractivity contribution < 1.29 is 14.3 Å². The summed E-state index contributed by atoms with van der Waals surface area (Å²) in [4.78, 5) is 13.5. The van der Waals surface area contributed by atoms with Crippen LogP contribution in [0.5, 0.6) is 5.75 Å². The first kappa shape index (κ1) is 14.2. The van der Waals surface area contributed by atoms with Crippen molar-refractivity contribution in [1.29, 1.82) is 0 Å². The monoisotopic (exact) mass is 327 g/mol. The third-order valence-corrected chi connectivity index (χ3v) is 3.73. The lowest BCUT2D eigenvalue weighted by Crippen LogP contribution is -2.35. The van der Waals surface area contributed by atoms with Gasteiger partial charge in [0.25, 0.3) is 0 Å². The Kier molecular flexibility index (Phi) is 4.69. The van der Waals surface area contributed by atoms with Gasteiger partial charge in [-0.2, -0.15) is 0 Å². The van der Waals surface area contributed by atoms with Crippen molar-refractivity contribution in [3.05, 3.63) is 28.2 Å². The molecule has 1 amide bonds. The lowest BCUT2D eigenvalue weighted by atomic mass is 10.0. The minimum atomic E-state index is -0.208. The first-order chi connectivity index (χ1) is 9.15. The maximum absolute atomic E-state index is 11.6. The van der Waals surface area contributed by atoms with Crippen LogP contribution in [0.1, 0.15) is 18.9 Å². The average molecular weight is 328 g/mol. The van der Waals surface area contributed by atoms with Gasteiger partial charge < -0.3 is 14.4 Å². The number of hydrogen-bond acceptors (Lipinski definition) is 3. The van der Waals surface area contributed by atoms with Crippen LogP contribution in [-0.4, -0.2) is 37.3 Å². The van der Waals surface area contributed by atoms with Crippen molar-refractivity contribution in [2.45, 2.75) is 25.8 Å². The van der Waals surface area contributed by atoms with Crippen LogP contribution in [0.4, 0.5) is 4.79 Å². The highest BCUT2D eigenvalue weighted by atomic mass is 79.9. The molecule has 0 aromatic heterocycles. The second-order valence-electron chi connectivity index (χ2n) is 4.58. The second kappa shape index (κ2) is 6.28. The van der Waals surface area contributed by atoms with Gasteiger partial charge in [0.1, 0.15) is 12.4 Å². The van der Waals surface area contributed by atoms with Gasteiger partial charge in [0.2, 0.25) is 0 Å². The Hall–Kier alpha value is -1.23. The number of cyclic esters (lactones) is 1. The van der Waals surface area contributed by atoms with Gasteiger partial charge in [-0.1, -0.05) is 22.9 Å². The molecular formula is C14H18BrNO3. The molecule has 1 heterocycles. The Morgan fingerprint density at radius 2 is 2.32 bits per heavy atom. The number of carbonyl (C=O) groups excluding carboxylic acids is 1. The molecule has 5 heteroatoms. The normalized spacial score (nSPS) is 18.6. The molecule has 1 atom stereocenters. The molecule has 0 spiro atoms. The van der Waals surface area contributed by atoms with Gasteiger partial charge in [-0.3, -0.25) is 0 Å². The quantitative estimate of drug-likeness (QED) is 0.833. The summed E-state index contributed by atoms with van der Waals surface area (Å²) in [6.45, 7) is 3.25. The SMILES string of the molecule is CCCN1C(=O)OCC1Cc1cc(Br)ccc1OC. The summed E-state index contributed by atoms with van der Waals surface area (Å²) in [5, 5.41) is 0. The second-order valence-corrected chi connectivity index (χ2v) is 5.50. The summed E-state index contributed by atoms with van der Waals surface area (Å²) < 4.78 is 11.5. The van der Waals surface area contributed by atoms with E-state index in [1.165, 1.54) is 0 Å². The lowest BCUT2D eigenvalue weighted by molar-refractivity contribution is 0.157. The van der Waals surface area contributed by atoms with Crippen LogP contribution in [0.15, 0.2) is 22.7 Å². The minimum absolute atomic E-state index is 0.0932. The van der Waals surface area contributed by atoms with Crippen molar-refractivity contribution in [1.82, 2.24) is 4.90 Å². The molecule has 1 saturated heterocycles. The highest BCUT2D eigenvalue weighted by Gasteiger charge is 2.32. The molecule has 1 fully saturated rings. The fourth-order valence-corrected chi connectivity index (χ4v) is 2.74. The maximum atomic E-state index is 11.6. The van der Waals surface area contributed by atoms with Crippen LogP contribution in [0.3, 0.4) is 0 Å². The average Bonchev–Trinajstić information content (AvgIpc) is 2.72. The molecule has 0 N–H and O–H groups in total. The maximum Gasteiger partial charge on any atom is 0.410 e. The highest BCUT2D eigenvalue weighted by Crippen LogP contribution is 2.27. The number of ether oxygens (including phenoxy) is 2. The predicted molar refractivity (Wildman–Crippen MR) is 76.5 cm³/mol. The summed E-state index contributed by atoms with van der Waals surface area (Å²) >= 11 is 3.47. The van der Waals surface area contributed by atoms with Crippen molar-refractivity contribution in [2.24, 2.45) is 0 Å². The van der Waals surface area contributed by atoms with Gasteiger partial charge >= 0.3 is 6.09 Å². The van der Waals surface area contributed by atoms with E-state index in [9.17, 15) is 4.79 Å². The Morgan fingerprint density at radius 1 is 1.53 bits per heavy atom. The molecule has 104 valence electrons.